The van der Waals surface area contributed by atoms with Crippen LogP contribution in [0.3, 0.4) is 0 Å². The van der Waals surface area contributed by atoms with Gasteiger partial charge in [0.15, 0.2) is 0 Å². The quantitative estimate of drug-likeness (QED) is 0.170. The molecule has 0 fully saturated rings. The number of aromatic nitrogens is 2. The van der Waals surface area contributed by atoms with Crippen LogP contribution in [0.4, 0.5) is 29.2 Å². The standard InChI is InChI=1S/C29H29F4N5O/c1-3-38(4-2)14-6-13-34-28-35-18-21-15-20(9-12-26(21)37-28)19-7-5-8-23(16-19)36-27(39)24-17-22(29(31,32)33)10-11-25(24)30/h5,7-12,15-18H,3-4,6,13-14H2,1-2H3,(H,36,39)(H,34,35,37). The van der Waals surface area contributed by atoms with Crippen LogP contribution in [0.1, 0.15) is 36.2 Å². The van der Waals surface area contributed by atoms with Crippen molar-refractivity contribution in [1.82, 2.24) is 14.9 Å². The first kappa shape index (κ1) is 28.0. The Kier molecular flexibility index (Phi) is 8.75. The lowest BCUT2D eigenvalue weighted by molar-refractivity contribution is -0.137. The van der Waals surface area contributed by atoms with Gasteiger partial charge in [0, 0.05) is 23.8 Å². The van der Waals surface area contributed by atoms with Crippen molar-refractivity contribution in [2.24, 2.45) is 0 Å². The topological polar surface area (TPSA) is 70.2 Å². The molecule has 6 nitrogen and oxygen atoms in total. The molecule has 0 aliphatic rings. The smallest absolute Gasteiger partial charge is 0.354 e. The van der Waals surface area contributed by atoms with Crippen LogP contribution in [0.5, 0.6) is 0 Å². The van der Waals surface area contributed by atoms with E-state index < -0.39 is 29.0 Å². The largest absolute Gasteiger partial charge is 0.416 e. The Hall–Kier alpha value is -4.05. The fourth-order valence-corrected chi connectivity index (χ4v) is 4.19. The molecule has 1 heterocycles. The summed E-state index contributed by atoms with van der Waals surface area (Å²) in [6.07, 6.45) is -1.97. The van der Waals surface area contributed by atoms with Crippen molar-refractivity contribution in [2.45, 2.75) is 26.4 Å². The molecule has 1 amide bonds. The van der Waals surface area contributed by atoms with E-state index in [1.807, 2.05) is 24.3 Å². The summed E-state index contributed by atoms with van der Waals surface area (Å²) in [5, 5.41) is 6.57. The average Bonchev–Trinajstić information content (AvgIpc) is 2.92. The molecule has 10 heteroatoms. The van der Waals surface area contributed by atoms with Gasteiger partial charge in [0.1, 0.15) is 5.82 Å². The summed E-state index contributed by atoms with van der Waals surface area (Å²) in [7, 11) is 0. The summed E-state index contributed by atoms with van der Waals surface area (Å²) < 4.78 is 53.2. The Bertz CT molecular complexity index is 1450. The number of alkyl halides is 3. The lowest BCUT2D eigenvalue weighted by Gasteiger charge is -2.17. The number of nitrogens with zero attached hydrogens (tertiary/aromatic N) is 3. The summed E-state index contributed by atoms with van der Waals surface area (Å²) in [6, 6.07) is 14.2. The molecule has 0 bridgehead atoms. The fourth-order valence-electron chi connectivity index (χ4n) is 4.19. The second-order valence-corrected chi connectivity index (χ2v) is 9.00. The van der Waals surface area contributed by atoms with E-state index in [-0.39, 0.29) is 0 Å². The first-order chi connectivity index (χ1) is 18.7. The van der Waals surface area contributed by atoms with Gasteiger partial charge in [0.05, 0.1) is 16.6 Å². The molecule has 0 atom stereocenters. The van der Waals surface area contributed by atoms with Gasteiger partial charge in [-0.3, -0.25) is 4.79 Å². The summed E-state index contributed by atoms with van der Waals surface area (Å²) in [6.45, 7) is 8.11. The Morgan fingerprint density at radius 2 is 1.74 bits per heavy atom. The van der Waals surface area contributed by atoms with Gasteiger partial charge in [-0.1, -0.05) is 32.0 Å². The van der Waals surface area contributed by atoms with E-state index in [1.54, 1.807) is 24.4 Å². The zero-order valence-electron chi connectivity index (χ0n) is 21.6. The first-order valence-electron chi connectivity index (χ1n) is 12.7. The number of hydrogen-bond acceptors (Lipinski definition) is 5. The Morgan fingerprint density at radius 1 is 0.974 bits per heavy atom. The summed E-state index contributed by atoms with van der Waals surface area (Å²) in [5.41, 5.74) is 0.874. The number of anilines is 2. The van der Waals surface area contributed by atoms with Gasteiger partial charge in [0.25, 0.3) is 5.91 Å². The summed E-state index contributed by atoms with van der Waals surface area (Å²) >= 11 is 0. The fraction of sp³-hybridized carbons (Fsp3) is 0.276. The van der Waals surface area contributed by atoms with Crippen LogP contribution in [-0.2, 0) is 6.18 Å². The maximum Gasteiger partial charge on any atom is 0.416 e. The van der Waals surface area contributed by atoms with Gasteiger partial charge in [-0.25, -0.2) is 14.4 Å². The number of hydrogen-bond donors (Lipinski definition) is 2. The highest BCUT2D eigenvalue weighted by Crippen LogP contribution is 2.31. The van der Waals surface area contributed by atoms with E-state index in [0.717, 1.165) is 54.6 Å². The number of nitrogens with one attached hydrogen (secondary N) is 2. The molecular formula is C29H29F4N5O. The van der Waals surface area contributed by atoms with E-state index in [2.05, 4.69) is 39.3 Å². The number of carbonyl (C=O) groups is 1. The Balaban J connectivity index is 1.46. The van der Waals surface area contributed by atoms with Crippen molar-refractivity contribution in [2.75, 3.05) is 36.8 Å². The van der Waals surface area contributed by atoms with Gasteiger partial charge >= 0.3 is 6.18 Å². The molecule has 1 aromatic heterocycles. The molecule has 39 heavy (non-hydrogen) atoms. The lowest BCUT2D eigenvalue weighted by Crippen LogP contribution is -2.25. The van der Waals surface area contributed by atoms with Crippen LogP contribution in [-0.4, -0.2) is 47.0 Å². The molecule has 0 unspecified atom stereocenters. The zero-order valence-corrected chi connectivity index (χ0v) is 21.6. The SMILES string of the molecule is CCN(CC)CCCNc1ncc2cc(-c3cccc(NC(=O)c4cc(C(F)(F)F)ccc4F)c3)ccc2n1. The number of halogens is 4. The molecule has 0 aliphatic heterocycles. The highest BCUT2D eigenvalue weighted by atomic mass is 19.4. The van der Waals surface area contributed by atoms with Crippen LogP contribution < -0.4 is 10.6 Å². The van der Waals surface area contributed by atoms with Crippen molar-refractivity contribution in [3.05, 3.63) is 83.8 Å². The van der Waals surface area contributed by atoms with Crippen molar-refractivity contribution < 1.29 is 22.4 Å². The molecule has 0 spiro atoms. The zero-order chi connectivity index (χ0) is 28.0. The minimum Gasteiger partial charge on any atom is -0.354 e. The van der Waals surface area contributed by atoms with Gasteiger partial charge in [-0.05, 0) is 79.6 Å². The number of carbonyl (C=O) groups excluding carboxylic acids is 1. The van der Waals surface area contributed by atoms with Crippen LogP contribution in [0.25, 0.3) is 22.0 Å². The molecule has 0 saturated heterocycles. The third-order valence-corrected chi connectivity index (χ3v) is 6.40. The highest BCUT2D eigenvalue weighted by Gasteiger charge is 2.32. The Labute approximate surface area is 224 Å². The minimum absolute atomic E-state index is 0.315. The van der Waals surface area contributed by atoms with Crippen molar-refractivity contribution in [3.63, 3.8) is 0 Å². The van der Waals surface area contributed by atoms with Crippen LogP contribution in [0.15, 0.2) is 66.9 Å². The molecule has 3 aromatic carbocycles. The first-order valence-corrected chi connectivity index (χ1v) is 12.7. The second kappa shape index (κ2) is 12.2. The van der Waals surface area contributed by atoms with Gasteiger partial charge in [-0.15, -0.1) is 0 Å². The monoisotopic (exact) mass is 539 g/mol. The van der Waals surface area contributed by atoms with Crippen LogP contribution in [0, 0.1) is 5.82 Å². The van der Waals surface area contributed by atoms with Crippen molar-refractivity contribution >= 4 is 28.4 Å². The normalized spacial score (nSPS) is 11.7. The minimum atomic E-state index is -4.69. The summed E-state index contributed by atoms with van der Waals surface area (Å²) in [4.78, 5) is 23.9. The van der Waals surface area contributed by atoms with Gasteiger partial charge in [0.2, 0.25) is 5.95 Å². The number of benzene rings is 3. The number of rotatable bonds is 10. The third kappa shape index (κ3) is 7.08. The summed E-state index contributed by atoms with van der Waals surface area (Å²) in [5.74, 6) is -1.45. The number of fused-ring (bicyclic) bond motifs is 1. The molecule has 4 rings (SSSR count). The van der Waals surface area contributed by atoms with Crippen LogP contribution >= 0.6 is 0 Å². The molecule has 4 aromatic rings. The van der Waals surface area contributed by atoms with E-state index in [4.69, 9.17) is 0 Å². The third-order valence-electron chi connectivity index (χ3n) is 6.40. The molecule has 0 aliphatic carbocycles. The highest BCUT2D eigenvalue weighted by molar-refractivity contribution is 6.05. The molecular weight excluding hydrogens is 510 g/mol. The van der Waals surface area contributed by atoms with E-state index >= 15 is 0 Å². The second-order valence-electron chi connectivity index (χ2n) is 9.00. The van der Waals surface area contributed by atoms with E-state index in [1.165, 1.54) is 0 Å². The predicted molar refractivity (Wildman–Crippen MR) is 145 cm³/mol. The van der Waals surface area contributed by atoms with Crippen molar-refractivity contribution in [1.29, 1.82) is 0 Å². The van der Waals surface area contributed by atoms with E-state index in [9.17, 15) is 22.4 Å². The van der Waals surface area contributed by atoms with Crippen LogP contribution in [0.2, 0.25) is 0 Å². The van der Waals surface area contributed by atoms with Crippen molar-refractivity contribution in [3.8, 4) is 11.1 Å². The molecule has 0 radical (unpaired) electrons. The Morgan fingerprint density at radius 3 is 2.49 bits per heavy atom. The molecule has 0 saturated carbocycles. The molecule has 2 N–H and O–H groups in total. The predicted octanol–water partition coefficient (Wildman–Crippen LogP) is 6.85. The number of amides is 1. The van der Waals surface area contributed by atoms with E-state index in [0.29, 0.717) is 29.8 Å². The van der Waals surface area contributed by atoms with Gasteiger partial charge in [-0.2, -0.15) is 13.2 Å². The maximum absolute atomic E-state index is 14.1. The van der Waals surface area contributed by atoms with Gasteiger partial charge < -0.3 is 15.5 Å². The molecule has 204 valence electrons. The lowest BCUT2D eigenvalue weighted by atomic mass is 10.0. The average molecular weight is 540 g/mol. The maximum atomic E-state index is 14.1.